The van der Waals surface area contributed by atoms with Gasteiger partial charge in [0.25, 0.3) is 11.7 Å². The molecule has 1 aliphatic carbocycles. The van der Waals surface area contributed by atoms with E-state index in [-0.39, 0.29) is 44.8 Å². The number of methoxy groups -OCH3 is 1. The molecule has 3 N–H and O–H groups in total. The Balaban J connectivity index is 0.000000258. The number of carbonyl (C=O) groups is 10. The van der Waals surface area contributed by atoms with Crippen LogP contribution in [0.4, 0.5) is 0 Å². The summed E-state index contributed by atoms with van der Waals surface area (Å²) < 4.78 is 34.7. The maximum atomic E-state index is 13.8. The van der Waals surface area contributed by atoms with Gasteiger partial charge in [-0.25, -0.2) is 0 Å². The molecule has 21 heteroatoms. The van der Waals surface area contributed by atoms with Gasteiger partial charge in [-0.3, -0.25) is 47.9 Å². The van der Waals surface area contributed by atoms with Crippen LogP contribution in [-0.4, -0.2) is 157 Å². The van der Waals surface area contributed by atoms with Gasteiger partial charge in [0.15, 0.2) is 0 Å². The van der Waals surface area contributed by atoms with Crippen LogP contribution in [0.25, 0.3) is 0 Å². The third-order valence-corrected chi connectivity index (χ3v) is 18.0. The molecule has 2 unspecified atom stereocenters. The summed E-state index contributed by atoms with van der Waals surface area (Å²) in [5.41, 5.74) is 1.74. The van der Waals surface area contributed by atoms with E-state index in [0.29, 0.717) is 76.6 Å². The average Bonchev–Trinajstić information content (AvgIpc) is 0.845. The zero-order chi connectivity index (χ0) is 65.0. The van der Waals surface area contributed by atoms with E-state index in [1.54, 1.807) is 27.7 Å². The number of amides is 4. The van der Waals surface area contributed by atoms with Crippen molar-refractivity contribution in [1.82, 2.24) is 20.4 Å². The number of rotatable bonds is 7. The number of esters is 3. The van der Waals surface area contributed by atoms with Crippen LogP contribution in [0.5, 0.6) is 5.75 Å². The second-order valence-corrected chi connectivity index (χ2v) is 25.3. The highest BCUT2D eigenvalue weighted by molar-refractivity contribution is 6.40. The Hall–Kier alpha value is -7.36. The molecular formula is C69H92N4O17. The Labute approximate surface area is 528 Å². The van der Waals surface area contributed by atoms with E-state index in [2.05, 4.69) is 22.8 Å². The molecule has 4 amide bonds. The number of cyclic esters (lactones) is 3. The number of aliphatic hydroxyl groups is 1. The first-order valence-corrected chi connectivity index (χ1v) is 32.1. The Morgan fingerprint density at radius 2 is 1.34 bits per heavy atom. The molecule has 4 aliphatic heterocycles. The number of hydrogen-bond donors (Lipinski definition) is 3. The van der Waals surface area contributed by atoms with Crippen LogP contribution in [0.15, 0.2) is 84.9 Å². The smallest absolute Gasteiger partial charge is 0.325 e. The summed E-state index contributed by atoms with van der Waals surface area (Å²) in [6.07, 6.45) is 7.58. The fourth-order valence-electron chi connectivity index (χ4n) is 12.3. The zero-order valence-corrected chi connectivity index (χ0v) is 53.1. The summed E-state index contributed by atoms with van der Waals surface area (Å²) in [6.45, 7) is 6.14. The molecule has 8 rings (SSSR count). The number of aryl methyl sites for hydroxylation is 2. The van der Waals surface area contributed by atoms with Gasteiger partial charge in [-0.05, 0) is 133 Å². The summed E-state index contributed by atoms with van der Waals surface area (Å²) in [5, 5.41) is 16.9. The van der Waals surface area contributed by atoms with Crippen molar-refractivity contribution in [3.63, 3.8) is 0 Å². The van der Waals surface area contributed by atoms with Gasteiger partial charge < -0.3 is 54.0 Å². The topological polar surface area (TPSA) is 277 Å². The number of nitrogens with one attached hydrogen (secondary N) is 2. The van der Waals surface area contributed by atoms with Gasteiger partial charge in [0, 0.05) is 45.4 Å². The number of benzene rings is 3. The summed E-state index contributed by atoms with van der Waals surface area (Å²) >= 11 is 0. The van der Waals surface area contributed by atoms with Crippen molar-refractivity contribution in [2.75, 3.05) is 47.0 Å². The third-order valence-electron chi connectivity index (χ3n) is 18.0. The SMILES string of the molecule is CC1(C)COC(=O)CCCCCCOc2cccc(c2)[C@H](CCc2ccccc2)OC(=O)[C@@H]2CCCCC2C(=O)C1=O.CO[C@H]1CC2CC[C@@H](C)[C@@](O)(O2)C(=O)C(=O)N2CCCC[C@H]2C(=O)N[C@H](CCc2ccccc2)C(=O)NCC(=O)N(C)CC(=O)O[C@H]1C. The molecule has 0 radical (unpaired) electrons. The van der Waals surface area contributed by atoms with Crippen LogP contribution < -0.4 is 15.4 Å². The summed E-state index contributed by atoms with van der Waals surface area (Å²) in [5.74, 6) is -10.6. The van der Waals surface area contributed by atoms with Gasteiger partial charge in [-0.2, -0.15) is 0 Å². The number of nitrogens with zero attached hydrogens (tertiary/aromatic N) is 2. The first kappa shape index (κ1) is 70.1. The Bertz CT molecular complexity index is 2960. The van der Waals surface area contributed by atoms with Crippen molar-refractivity contribution in [1.29, 1.82) is 0 Å². The molecule has 90 heavy (non-hydrogen) atoms. The Morgan fingerprint density at radius 1 is 0.678 bits per heavy atom. The molecule has 4 bridgehead atoms. The third kappa shape index (κ3) is 19.6. The lowest BCUT2D eigenvalue weighted by Gasteiger charge is -2.43. The van der Waals surface area contributed by atoms with E-state index < -0.39 is 131 Å². The van der Waals surface area contributed by atoms with E-state index >= 15 is 0 Å². The van der Waals surface area contributed by atoms with Crippen molar-refractivity contribution in [3.05, 3.63) is 102 Å². The number of Topliss-reactive ketones (excluding diaryl/α,β-unsaturated/α-hetero) is 3. The van der Waals surface area contributed by atoms with E-state index in [0.717, 1.165) is 58.6 Å². The number of hydrogen-bond acceptors (Lipinski definition) is 17. The predicted octanol–water partition coefficient (Wildman–Crippen LogP) is 7.24. The molecular weight excluding hydrogens is 1160 g/mol. The molecule has 1 saturated carbocycles. The number of ether oxygens (including phenoxy) is 6. The fourth-order valence-corrected chi connectivity index (χ4v) is 12.3. The lowest BCUT2D eigenvalue weighted by atomic mass is 9.72. The van der Waals surface area contributed by atoms with Crippen molar-refractivity contribution in [2.24, 2.45) is 23.2 Å². The first-order chi connectivity index (χ1) is 43.1. The number of likely N-dealkylation sites (N-methyl/N-ethyl adjacent to an activating group) is 1. The molecule has 4 fully saturated rings. The van der Waals surface area contributed by atoms with Crippen LogP contribution in [0.3, 0.4) is 0 Å². The standard InChI is InChI=1S/C35H44O7.C34H48N4O10/c1-35(2)24-41-31(36)19-8-3-4-11-22-40-27-16-12-15-26(23-27)30(21-20-25-13-6-5-7-14-25)42-34(39)29-18-10-9-17-28(29)32(37)33(35)38;1-21-13-15-24-18-27(46-4)22(2)47-29(40)20-37(3)28(39)19-35-31(42)25(16-14-23-10-6-5-7-11-23)36-32(43)26-12-8-9-17-38(26)33(44)30(41)34(21,45)48-24/h5-7,12-16,23,28-30H,3-4,8-11,17-22,24H2,1-2H3;5-7,10-11,21-22,24-27,45H,8-9,12-20H2,1-4H3,(H,35,42)(H,36,43)/t28?,29-,30+;21-,22+,24?,25-,26+,27+,34-/m11/s1. The minimum absolute atomic E-state index is 0.104. The summed E-state index contributed by atoms with van der Waals surface area (Å²) in [6, 6.07) is 24.9. The molecule has 3 aromatic carbocycles. The van der Waals surface area contributed by atoms with Crippen molar-refractivity contribution >= 4 is 58.9 Å². The first-order valence-electron chi connectivity index (χ1n) is 32.1. The Kier molecular flexibility index (Phi) is 26.2. The molecule has 10 atom stereocenters. The zero-order valence-electron chi connectivity index (χ0n) is 53.1. The van der Waals surface area contributed by atoms with Crippen LogP contribution >= 0.6 is 0 Å². The van der Waals surface area contributed by atoms with Crippen molar-refractivity contribution in [3.8, 4) is 5.75 Å². The van der Waals surface area contributed by atoms with Crippen LogP contribution in [0.2, 0.25) is 0 Å². The largest absolute Gasteiger partial charge is 0.494 e. The highest BCUT2D eigenvalue weighted by atomic mass is 16.6. The molecule has 3 aromatic rings. The Morgan fingerprint density at radius 3 is 2.04 bits per heavy atom. The lowest BCUT2D eigenvalue weighted by molar-refractivity contribution is -0.267. The average molecular weight is 1250 g/mol. The van der Waals surface area contributed by atoms with Gasteiger partial charge in [-0.15, -0.1) is 0 Å². The van der Waals surface area contributed by atoms with Crippen LogP contribution in [0.1, 0.15) is 160 Å². The minimum Gasteiger partial charge on any atom is -0.494 e. The molecule has 0 aromatic heterocycles. The summed E-state index contributed by atoms with van der Waals surface area (Å²) in [4.78, 5) is 136. The monoisotopic (exact) mass is 1250 g/mol. The van der Waals surface area contributed by atoms with Gasteiger partial charge in [-0.1, -0.05) is 105 Å². The van der Waals surface area contributed by atoms with E-state index in [4.69, 9.17) is 28.4 Å². The molecule has 490 valence electrons. The lowest BCUT2D eigenvalue weighted by Crippen LogP contribution is -2.62. The highest BCUT2D eigenvalue weighted by Gasteiger charge is 2.53. The van der Waals surface area contributed by atoms with Gasteiger partial charge in [0.1, 0.15) is 43.2 Å². The number of fused-ring (bicyclic) bond motifs is 6. The van der Waals surface area contributed by atoms with E-state index in [9.17, 15) is 53.1 Å². The minimum atomic E-state index is -2.45. The maximum absolute atomic E-state index is 13.8. The van der Waals surface area contributed by atoms with Gasteiger partial charge in [0.2, 0.25) is 35.1 Å². The fraction of sp³-hybridized carbons (Fsp3) is 0.594. The van der Waals surface area contributed by atoms with Gasteiger partial charge >= 0.3 is 17.9 Å². The highest BCUT2D eigenvalue weighted by Crippen LogP contribution is 2.39. The molecule has 5 aliphatic rings. The van der Waals surface area contributed by atoms with Crippen molar-refractivity contribution < 1.29 is 81.5 Å². The number of piperidine rings is 1. The second-order valence-electron chi connectivity index (χ2n) is 25.3. The van der Waals surface area contributed by atoms with E-state index in [1.807, 2.05) is 72.8 Å². The van der Waals surface area contributed by atoms with Crippen molar-refractivity contribution in [2.45, 2.75) is 192 Å². The normalized spacial score (nSPS) is 28.6. The van der Waals surface area contributed by atoms with Crippen LogP contribution in [-0.2, 0) is 84.5 Å². The molecule has 3 saturated heterocycles. The second kappa shape index (κ2) is 33.6. The number of carbonyl (C=O) groups excluding carboxylic acids is 10. The molecule has 0 spiro atoms. The quantitative estimate of drug-likeness (QED) is 0.119. The molecule has 21 nitrogen and oxygen atoms in total. The molecule has 4 heterocycles. The van der Waals surface area contributed by atoms with E-state index in [1.165, 1.54) is 14.2 Å². The maximum Gasteiger partial charge on any atom is 0.325 e. The number of ketones is 3. The summed E-state index contributed by atoms with van der Waals surface area (Å²) in [7, 11) is 2.83. The van der Waals surface area contributed by atoms with Gasteiger partial charge in [0.05, 0.1) is 36.7 Å². The van der Waals surface area contributed by atoms with Crippen LogP contribution in [0, 0.1) is 23.2 Å². The predicted molar refractivity (Wildman–Crippen MR) is 330 cm³/mol.